The Kier molecular flexibility index (Phi) is 5.34. The smallest absolute Gasteiger partial charge is 0.222 e. The molecule has 1 aliphatic rings. The van der Waals surface area contributed by atoms with Crippen LogP contribution < -0.4 is 0 Å². The maximum absolute atomic E-state index is 12.7. The van der Waals surface area contributed by atoms with Crippen molar-refractivity contribution >= 4 is 5.91 Å². The van der Waals surface area contributed by atoms with Crippen molar-refractivity contribution in [3.63, 3.8) is 0 Å². The van der Waals surface area contributed by atoms with Gasteiger partial charge in [0.25, 0.3) is 0 Å². The van der Waals surface area contributed by atoms with Crippen molar-refractivity contribution in [3.05, 3.63) is 53.9 Å². The second-order valence-electron chi connectivity index (χ2n) is 6.90. The molecule has 1 aliphatic carbocycles. The van der Waals surface area contributed by atoms with Crippen LogP contribution in [0.5, 0.6) is 0 Å². The Morgan fingerprint density at radius 2 is 2.00 bits per heavy atom. The van der Waals surface area contributed by atoms with Gasteiger partial charge in [0.05, 0.1) is 6.20 Å². The van der Waals surface area contributed by atoms with Gasteiger partial charge in [-0.25, -0.2) is 0 Å². The fourth-order valence-corrected chi connectivity index (χ4v) is 3.88. The van der Waals surface area contributed by atoms with Gasteiger partial charge in [-0.05, 0) is 30.4 Å². The number of nitrogens with zero attached hydrogens (tertiary/aromatic N) is 3. The number of aryl methyl sites for hydroxylation is 2. The van der Waals surface area contributed by atoms with Gasteiger partial charge in [-0.3, -0.25) is 9.48 Å². The van der Waals surface area contributed by atoms with E-state index in [1.54, 1.807) is 4.68 Å². The average molecular weight is 325 g/mol. The summed E-state index contributed by atoms with van der Waals surface area (Å²) >= 11 is 0. The number of rotatable bonds is 5. The molecule has 3 rings (SSSR count). The molecule has 0 saturated heterocycles. The summed E-state index contributed by atoms with van der Waals surface area (Å²) in [5.41, 5.74) is 2.50. The molecule has 0 spiro atoms. The van der Waals surface area contributed by atoms with E-state index in [-0.39, 0.29) is 5.91 Å². The van der Waals surface area contributed by atoms with Crippen LogP contribution in [0.1, 0.15) is 49.1 Å². The Labute approximate surface area is 144 Å². The first-order chi connectivity index (χ1) is 11.6. The molecule has 2 aromatic rings. The molecule has 0 aliphatic heterocycles. The van der Waals surface area contributed by atoms with Crippen molar-refractivity contribution in [2.24, 2.45) is 7.05 Å². The SMILES string of the molecule is CN(C(=O)CCc1cnn(C)c1)C1CCCCC1c1ccccc1. The lowest BCUT2D eigenvalue weighted by molar-refractivity contribution is -0.132. The number of carbonyl (C=O) groups excluding carboxylic acids is 1. The van der Waals surface area contributed by atoms with Gasteiger partial charge in [0.2, 0.25) is 5.91 Å². The molecule has 1 fully saturated rings. The molecule has 1 aromatic carbocycles. The van der Waals surface area contributed by atoms with Crippen LogP contribution in [0.3, 0.4) is 0 Å². The summed E-state index contributed by atoms with van der Waals surface area (Å²) in [5.74, 6) is 0.707. The lowest BCUT2D eigenvalue weighted by Crippen LogP contribution is -2.42. The number of benzene rings is 1. The molecule has 0 N–H and O–H groups in total. The van der Waals surface area contributed by atoms with Crippen molar-refractivity contribution in [1.82, 2.24) is 14.7 Å². The third-order valence-electron chi connectivity index (χ3n) is 5.23. The standard InChI is InChI=1S/C20H27N3O/c1-22-15-16(14-21-22)12-13-20(24)23(2)19-11-7-6-10-18(19)17-8-4-3-5-9-17/h3-5,8-9,14-15,18-19H,6-7,10-13H2,1-2H3. The van der Waals surface area contributed by atoms with Crippen LogP contribution in [0.25, 0.3) is 0 Å². The van der Waals surface area contributed by atoms with Gasteiger partial charge in [-0.2, -0.15) is 5.10 Å². The number of aromatic nitrogens is 2. The fraction of sp³-hybridized carbons (Fsp3) is 0.500. The van der Waals surface area contributed by atoms with Gasteiger partial charge in [0.1, 0.15) is 0 Å². The summed E-state index contributed by atoms with van der Waals surface area (Å²) in [6, 6.07) is 11.0. The van der Waals surface area contributed by atoms with E-state index < -0.39 is 0 Å². The highest BCUT2D eigenvalue weighted by molar-refractivity contribution is 5.76. The van der Waals surface area contributed by atoms with E-state index in [4.69, 9.17) is 0 Å². The Morgan fingerprint density at radius 1 is 1.25 bits per heavy atom. The third-order valence-corrected chi connectivity index (χ3v) is 5.23. The summed E-state index contributed by atoms with van der Waals surface area (Å²) in [6.45, 7) is 0. The minimum absolute atomic E-state index is 0.242. The Morgan fingerprint density at radius 3 is 2.71 bits per heavy atom. The van der Waals surface area contributed by atoms with Crippen LogP contribution >= 0.6 is 0 Å². The Bertz CT molecular complexity index is 665. The Hall–Kier alpha value is -2.10. The van der Waals surface area contributed by atoms with Crippen LogP contribution in [-0.4, -0.2) is 33.7 Å². The molecule has 2 unspecified atom stereocenters. The van der Waals surface area contributed by atoms with Gasteiger partial charge < -0.3 is 4.90 Å². The topological polar surface area (TPSA) is 38.1 Å². The number of carbonyl (C=O) groups is 1. The fourth-order valence-electron chi connectivity index (χ4n) is 3.88. The normalized spacial score (nSPS) is 20.8. The summed E-state index contributed by atoms with van der Waals surface area (Å²) in [6.07, 6.45) is 9.91. The maximum Gasteiger partial charge on any atom is 0.222 e. The first-order valence-corrected chi connectivity index (χ1v) is 8.93. The first-order valence-electron chi connectivity index (χ1n) is 8.93. The summed E-state index contributed by atoms with van der Waals surface area (Å²) in [4.78, 5) is 14.7. The average Bonchev–Trinajstić information content (AvgIpc) is 3.05. The zero-order valence-corrected chi connectivity index (χ0v) is 14.7. The largest absolute Gasteiger partial charge is 0.342 e. The van der Waals surface area contributed by atoms with E-state index in [0.717, 1.165) is 18.4 Å². The second-order valence-corrected chi connectivity index (χ2v) is 6.90. The van der Waals surface area contributed by atoms with Crippen molar-refractivity contribution in [2.45, 2.75) is 50.5 Å². The van der Waals surface area contributed by atoms with E-state index >= 15 is 0 Å². The molecular formula is C20H27N3O. The third kappa shape index (κ3) is 3.86. The van der Waals surface area contributed by atoms with E-state index in [2.05, 4.69) is 35.4 Å². The second kappa shape index (κ2) is 7.65. The summed E-state index contributed by atoms with van der Waals surface area (Å²) < 4.78 is 1.79. The van der Waals surface area contributed by atoms with Crippen LogP contribution in [0.4, 0.5) is 0 Å². The monoisotopic (exact) mass is 325 g/mol. The molecule has 24 heavy (non-hydrogen) atoms. The molecule has 1 amide bonds. The number of amides is 1. The van der Waals surface area contributed by atoms with E-state index in [1.807, 2.05) is 31.4 Å². The molecule has 1 heterocycles. The highest BCUT2D eigenvalue weighted by Crippen LogP contribution is 2.35. The minimum atomic E-state index is 0.242. The molecular weight excluding hydrogens is 298 g/mol. The van der Waals surface area contributed by atoms with Crippen molar-refractivity contribution in [1.29, 1.82) is 0 Å². The van der Waals surface area contributed by atoms with Crippen LogP contribution in [0.2, 0.25) is 0 Å². The minimum Gasteiger partial charge on any atom is -0.342 e. The number of hydrogen-bond acceptors (Lipinski definition) is 2. The van der Waals surface area contributed by atoms with Gasteiger partial charge in [-0.15, -0.1) is 0 Å². The molecule has 1 saturated carbocycles. The molecule has 128 valence electrons. The van der Waals surface area contributed by atoms with Crippen molar-refractivity contribution in [2.75, 3.05) is 7.05 Å². The predicted octanol–water partition coefficient (Wildman–Crippen LogP) is 3.54. The van der Waals surface area contributed by atoms with E-state index in [9.17, 15) is 4.79 Å². The molecule has 1 aromatic heterocycles. The van der Waals surface area contributed by atoms with Crippen LogP contribution in [0.15, 0.2) is 42.7 Å². The Balaban J connectivity index is 1.64. The van der Waals surface area contributed by atoms with Crippen LogP contribution in [-0.2, 0) is 18.3 Å². The molecule has 0 bridgehead atoms. The molecule has 4 nitrogen and oxygen atoms in total. The molecule has 4 heteroatoms. The van der Waals surface area contributed by atoms with Gasteiger partial charge in [-0.1, -0.05) is 43.2 Å². The zero-order chi connectivity index (χ0) is 16.9. The van der Waals surface area contributed by atoms with E-state index in [1.165, 1.54) is 24.8 Å². The number of likely N-dealkylation sites (N-methyl/N-ethyl adjacent to an activating group) is 1. The van der Waals surface area contributed by atoms with Gasteiger partial charge in [0.15, 0.2) is 0 Å². The zero-order valence-electron chi connectivity index (χ0n) is 14.7. The lowest BCUT2D eigenvalue weighted by Gasteiger charge is -2.38. The maximum atomic E-state index is 12.7. The molecule has 2 atom stereocenters. The van der Waals surface area contributed by atoms with E-state index in [0.29, 0.717) is 18.4 Å². The van der Waals surface area contributed by atoms with Crippen molar-refractivity contribution < 1.29 is 4.79 Å². The van der Waals surface area contributed by atoms with Gasteiger partial charge >= 0.3 is 0 Å². The quantitative estimate of drug-likeness (QED) is 0.843. The highest BCUT2D eigenvalue weighted by atomic mass is 16.2. The summed E-state index contributed by atoms with van der Waals surface area (Å²) in [7, 11) is 3.89. The predicted molar refractivity (Wildman–Crippen MR) is 95.7 cm³/mol. The first kappa shape index (κ1) is 16.7. The lowest BCUT2D eigenvalue weighted by atomic mass is 9.79. The van der Waals surface area contributed by atoms with Crippen LogP contribution in [0, 0.1) is 0 Å². The van der Waals surface area contributed by atoms with Gasteiger partial charge in [0, 0.05) is 38.7 Å². The number of hydrogen-bond donors (Lipinski definition) is 0. The highest BCUT2D eigenvalue weighted by Gasteiger charge is 2.31. The van der Waals surface area contributed by atoms with Crippen molar-refractivity contribution in [3.8, 4) is 0 Å². The summed E-state index contributed by atoms with van der Waals surface area (Å²) in [5, 5.41) is 4.17. The molecule has 0 radical (unpaired) electrons.